The van der Waals surface area contributed by atoms with Gasteiger partial charge in [0.25, 0.3) is 11.8 Å². The van der Waals surface area contributed by atoms with E-state index in [1.807, 2.05) is 12.8 Å². The predicted molar refractivity (Wildman–Crippen MR) is 71.6 cm³/mol. The number of unbranched alkanes of at least 4 members (excludes halogenated alkanes) is 1. The van der Waals surface area contributed by atoms with Crippen LogP contribution in [0.2, 0.25) is 0 Å². The molecule has 4 heteroatoms. The maximum absolute atomic E-state index is 11.8. The summed E-state index contributed by atoms with van der Waals surface area (Å²) in [6.45, 7) is 2.57. The van der Waals surface area contributed by atoms with E-state index in [9.17, 15) is 9.59 Å². The number of halogens is 1. The van der Waals surface area contributed by atoms with Crippen molar-refractivity contribution in [3.63, 3.8) is 0 Å². The van der Waals surface area contributed by atoms with Crippen LogP contribution in [0.4, 0.5) is 0 Å². The van der Waals surface area contributed by atoms with E-state index in [0.29, 0.717) is 17.7 Å². The zero-order chi connectivity index (χ0) is 12.8. The van der Waals surface area contributed by atoms with Crippen LogP contribution in [0, 0.1) is 0 Å². The summed E-state index contributed by atoms with van der Waals surface area (Å²) in [6, 6.07) is 6.99. The Kier molecular flexibility index (Phi) is 5.35. The topological polar surface area (TPSA) is 37.4 Å². The summed E-state index contributed by atoms with van der Waals surface area (Å²) < 4.78 is 0. The fraction of sp³-hybridized carbons (Fsp3) is 0.385. The molecule has 17 heavy (non-hydrogen) atoms. The van der Waals surface area contributed by atoms with E-state index in [0.717, 1.165) is 12.8 Å². The van der Waals surface area contributed by atoms with E-state index in [4.69, 9.17) is 0 Å². The maximum atomic E-state index is 11.8. The summed E-state index contributed by atoms with van der Waals surface area (Å²) in [5.41, 5.74) is 1.08. The smallest absolute Gasteiger partial charge is 0.261 e. The van der Waals surface area contributed by atoms with Crippen molar-refractivity contribution in [2.24, 2.45) is 0 Å². The Morgan fingerprint density at radius 3 is 1.94 bits per heavy atom. The van der Waals surface area contributed by atoms with E-state index in [1.54, 1.807) is 24.3 Å². The van der Waals surface area contributed by atoms with Crippen LogP contribution < -0.4 is 0 Å². The molecular weight excluding hydrogens is 282 g/mol. The van der Waals surface area contributed by atoms with Crippen LogP contribution in [-0.4, -0.2) is 29.1 Å². The van der Waals surface area contributed by atoms with E-state index in [2.05, 4.69) is 15.9 Å². The first-order valence-electron chi connectivity index (χ1n) is 5.58. The summed E-state index contributed by atoms with van der Waals surface area (Å²) >= 11 is 2.94. The highest BCUT2D eigenvalue weighted by Gasteiger charge is 2.34. The Morgan fingerprint density at radius 2 is 1.53 bits per heavy atom. The quantitative estimate of drug-likeness (QED) is 0.635. The number of carbonyl (C=O) groups is 2. The van der Waals surface area contributed by atoms with Gasteiger partial charge in [0.15, 0.2) is 0 Å². The molecule has 0 aromatic heterocycles. The molecule has 3 nitrogen and oxygen atoms in total. The maximum Gasteiger partial charge on any atom is 0.261 e. The molecule has 0 atom stereocenters. The van der Waals surface area contributed by atoms with Crippen LogP contribution in [0.25, 0.3) is 0 Å². The van der Waals surface area contributed by atoms with Gasteiger partial charge in [-0.15, -0.1) is 0 Å². The molecule has 0 radical (unpaired) electrons. The second-order valence-electron chi connectivity index (χ2n) is 3.66. The molecule has 0 bridgehead atoms. The summed E-state index contributed by atoms with van der Waals surface area (Å²) in [6.07, 6.45) is 1.85. The molecule has 0 spiro atoms. The van der Waals surface area contributed by atoms with Crippen molar-refractivity contribution in [1.29, 1.82) is 0 Å². The third-order valence-electron chi connectivity index (χ3n) is 2.61. The summed E-state index contributed by atoms with van der Waals surface area (Å²) in [4.78, 5) is 25.0. The molecule has 2 rings (SSSR count). The van der Waals surface area contributed by atoms with Crippen molar-refractivity contribution in [2.45, 2.75) is 19.8 Å². The molecule has 1 aromatic carbocycles. The summed E-state index contributed by atoms with van der Waals surface area (Å²) in [5, 5.41) is 0. The van der Waals surface area contributed by atoms with Crippen LogP contribution in [0.1, 0.15) is 40.5 Å². The number of alkyl halides is 1. The van der Waals surface area contributed by atoms with Crippen molar-refractivity contribution in [2.75, 3.05) is 12.4 Å². The van der Waals surface area contributed by atoms with E-state index >= 15 is 0 Å². The molecule has 2 amide bonds. The Labute approximate surface area is 110 Å². The van der Waals surface area contributed by atoms with Crippen LogP contribution in [-0.2, 0) is 0 Å². The van der Waals surface area contributed by atoms with E-state index in [1.165, 1.54) is 4.90 Å². The minimum Gasteiger partial charge on any atom is -0.274 e. The van der Waals surface area contributed by atoms with E-state index < -0.39 is 0 Å². The number of carbonyl (C=O) groups excluding carboxylic acids is 2. The zero-order valence-corrected chi connectivity index (χ0v) is 11.7. The highest BCUT2D eigenvalue weighted by Crippen LogP contribution is 2.22. The molecule has 0 N–H and O–H groups in total. The number of amides is 2. The van der Waals surface area contributed by atoms with Crippen LogP contribution in [0.15, 0.2) is 24.3 Å². The number of rotatable bonds is 3. The van der Waals surface area contributed by atoms with Crippen molar-refractivity contribution in [3.8, 4) is 0 Å². The highest BCUT2D eigenvalue weighted by atomic mass is 79.9. The first kappa shape index (κ1) is 13.9. The summed E-state index contributed by atoms with van der Waals surface area (Å²) in [7, 11) is 0. The van der Waals surface area contributed by atoms with Gasteiger partial charge in [0.2, 0.25) is 0 Å². The van der Waals surface area contributed by atoms with Gasteiger partial charge in [-0.05, 0) is 24.4 Å². The molecule has 92 valence electrons. The van der Waals surface area contributed by atoms with Gasteiger partial charge >= 0.3 is 0 Å². The molecular formula is C13H16BrNO2. The van der Waals surface area contributed by atoms with Crippen molar-refractivity contribution in [1.82, 2.24) is 4.90 Å². The van der Waals surface area contributed by atoms with Crippen LogP contribution >= 0.6 is 15.9 Å². The first-order chi connectivity index (χ1) is 8.25. The van der Waals surface area contributed by atoms with Gasteiger partial charge in [0, 0.05) is 6.54 Å². The SMILES string of the molecule is CBr.CCCCN1C(=O)c2ccccc2C1=O. The van der Waals surface area contributed by atoms with Gasteiger partial charge in [-0.2, -0.15) is 0 Å². The number of nitrogens with zero attached hydrogens (tertiary/aromatic N) is 1. The standard InChI is InChI=1S/C12H13NO2.CH3Br/c1-2-3-8-13-11(14)9-6-4-5-7-10(9)12(13)15;1-2/h4-7H,2-3,8H2,1H3;1H3. The molecule has 0 aliphatic carbocycles. The normalized spacial score (nSPS) is 13.2. The van der Waals surface area contributed by atoms with Crippen molar-refractivity contribution in [3.05, 3.63) is 35.4 Å². The molecule has 1 aliphatic rings. The van der Waals surface area contributed by atoms with Crippen molar-refractivity contribution < 1.29 is 9.59 Å². The largest absolute Gasteiger partial charge is 0.274 e. The number of hydrogen-bond acceptors (Lipinski definition) is 2. The first-order valence-corrected chi connectivity index (χ1v) is 7.17. The second kappa shape index (κ2) is 6.55. The number of fused-ring (bicyclic) bond motifs is 1. The van der Waals surface area contributed by atoms with Crippen LogP contribution in [0.5, 0.6) is 0 Å². The molecule has 1 aliphatic heterocycles. The average molecular weight is 298 g/mol. The molecule has 0 saturated carbocycles. The molecule has 0 saturated heterocycles. The number of hydrogen-bond donors (Lipinski definition) is 0. The predicted octanol–water partition coefficient (Wildman–Crippen LogP) is 3.09. The van der Waals surface area contributed by atoms with Gasteiger partial charge in [-0.1, -0.05) is 41.4 Å². The monoisotopic (exact) mass is 297 g/mol. The van der Waals surface area contributed by atoms with Gasteiger partial charge in [-0.3, -0.25) is 14.5 Å². The second-order valence-corrected chi connectivity index (χ2v) is 3.66. The molecule has 1 heterocycles. The lowest BCUT2D eigenvalue weighted by molar-refractivity contribution is 0.0652. The molecule has 0 unspecified atom stereocenters. The number of benzene rings is 1. The fourth-order valence-corrected chi connectivity index (χ4v) is 1.76. The Balaban J connectivity index is 0.000000686. The lowest BCUT2D eigenvalue weighted by Crippen LogP contribution is -2.30. The lowest BCUT2D eigenvalue weighted by Gasteiger charge is -2.12. The molecule has 1 aromatic rings. The van der Waals surface area contributed by atoms with E-state index in [-0.39, 0.29) is 11.8 Å². The highest BCUT2D eigenvalue weighted by molar-refractivity contribution is 9.08. The van der Waals surface area contributed by atoms with Gasteiger partial charge in [0.1, 0.15) is 0 Å². The summed E-state index contributed by atoms with van der Waals surface area (Å²) in [5.74, 6) is 1.51. The lowest BCUT2D eigenvalue weighted by atomic mass is 10.1. The van der Waals surface area contributed by atoms with Gasteiger partial charge < -0.3 is 0 Å². The third kappa shape index (κ3) is 2.75. The zero-order valence-electron chi connectivity index (χ0n) is 10.1. The molecule has 0 fully saturated rings. The minimum absolute atomic E-state index is 0.149. The Morgan fingerprint density at radius 1 is 1.06 bits per heavy atom. The number of imide groups is 1. The fourth-order valence-electron chi connectivity index (χ4n) is 1.76. The van der Waals surface area contributed by atoms with Crippen LogP contribution in [0.3, 0.4) is 0 Å². The Hall–Kier alpha value is -1.16. The average Bonchev–Trinajstić information content (AvgIpc) is 2.63. The minimum atomic E-state index is -0.149. The third-order valence-corrected chi connectivity index (χ3v) is 2.61. The van der Waals surface area contributed by atoms with Crippen molar-refractivity contribution >= 4 is 27.7 Å². The van der Waals surface area contributed by atoms with Gasteiger partial charge in [-0.25, -0.2) is 0 Å². The Bertz CT molecular complexity index is 383. The van der Waals surface area contributed by atoms with Gasteiger partial charge in [0.05, 0.1) is 11.1 Å².